The second kappa shape index (κ2) is 9.39. The first-order valence-electron chi connectivity index (χ1n) is 10.5. The predicted octanol–water partition coefficient (Wildman–Crippen LogP) is 4.24. The number of benzene rings is 2. The molecule has 3 aromatic rings. The molecule has 10 nitrogen and oxygen atoms in total. The third-order valence-electron chi connectivity index (χ3n) is 5.53. The highest BCUT2D eigenvalue weighted by molar-refractivity contribution is 7.92. The zero-order chi connectivity index (χ0) is 25.3. The summed E-state index contributed by atoms with van der Waals surface area (Å²) in [5.74, 6) is -2.68. The van der Waals surface area contributed by atoms with Gasteiger partial charge < -0.3 is 15.5 Å². The van der Waals surface area contributed by atoms with Crippen molar-refractivity contribution in [1.29, 1.82) is 0 Å². The molecule has 35 heavy (non-hydrogen) atoms. The zero-order valence-corrected chi connectivity index (χ0v) is 20.1. The summed E-state index contributed by atoms with van der Waals surface area (Å²) >= 11 is 0.626. The summed E-state index contributed by atoms with van der Waals surface area (Å²) in [7, 11) is -3.90. The van der Waals surface area contributed by atoms with Gasteiger partial charge >= 0.3 is 18.0 Å². The Balaban J connectivity index is 1.57. The topological polar surface area (TPSA) is 153 Å². The Morgan fingerprint density at radius 3 is 2.46 bits per heavy atom. The van der Waals surface area contributed by atoms with Gasteiger partial charge in [0.15, 0.2) is 0 Å². The predicted molar refractivity (Wildman–Crippen MR) is 131 cm³/mol. The van der Waals surface area contributed by atoms with Crippen LogP contribution in [0, 0.1) is 6.92 Å². The van der Waals surface area contributed by atoms with Crippen LogP contribution in [0.2, 0.25) is 0 Å². The van der Waals surface area contributed by atoms with Crippen molar-refractivity contribution >= 4 is 55.7 Å². The average molecular weight is 516 g/mol. The first-order chi connectivity index (χ1) is 16.6. The van der Waals surface area contributed by atoms with Gasteiger partial charge in [-0.2, -0.15) is 0 Å². The number of thiophene rings is 1. The second-order valence-corrected chi connectivity index (χ2v) is 10.7. The minimum Gasteiger partial charge on any atom is -0.478 e. The number of aryl methyl sites for hydroxylation is 1. The summed E-state index contributed by atoms with van der Waals surface area (Å²) in [6.07, 6.45) is 1.47. The summed E-state index contributed by atoms with van der Waals surface area (Å²) in [4.78, 5) is 35.3. The lowest BCUT2D eigenvalue weighted by molar-refractivity contribution is 0.0696. The minimum atomic E-state index is -3.90. The van der Waals surface area contributed by atoms with E-state index in [-0.39, 0.29) is 31.6 Å². The van der Waals surface area contributed by atoms with E-state index in [9.17, 15) is 33.0 Å². The molecule has 0 unspecified atom stereocenters. The number of carbonyl (C=O) groups is 3. The van der Waals surface area contributed by atoms with Crippen molar-refractivity contribution in [2.24, 2.45) is 0 Å². The highest BCUT2D eigenvalue weighted by atomic mass is 32.2. The molecule has 4 rings (SSSR count). The number of hydrogen-bond donors (Lipinski definition) is 4. The molecule has 0 saturated carbocycles. The number of nitrogens with one attached hydrogen (secondary N) is 2. The fourth-order valence-corrected chi connectivity index (χ4v) is 6.56. The molecule has 4 N–H and O–H groups in total. The number of sulfonamides is 1. The normalized spacial score (nSPS) is 13.1. The van der Waals surface area contributed by atoms with Crippen LogP contribution >= 0.6 is 11.3 Å². The molecular formula is C23H21N3O7S2. The Bertz CT molecular complexity index is 1450. The molecule has 0 atom stereocenters. The fourth-order valence-electron chi connectivity index (χ4n) is 3.94. The van der Waals surface area contributed by atoms with Crippen LogP contribution in [0.4, 0.5) is 21.2 Å². The third-order valence-corrected chi connectivity index (χ3v) is 8.53. The molecule has 0 spiro atoms. The number of carbonyl (C=O) groups excluding carboxylic acids is 1. The van der Waals surface area contributed by atoms with Gasteiger partial charge in [-0.3, -0.25) is 9.62 Å². The number of amides is 2. The first kappa shape index (κ1) is 24.2. The number of hydrogen-bond acceptors (Lipinski definition) is 6. The van der Waals surface area contributed by atoms with Gasteiger partial charge in [0.05, 0.1) is 16.1 Å². The molecule has 0 fully saturated rings. The van der Waals surface area contributed by atoms with E-state index >= 15 is 0 Å². The van der Waals surface area contributed by atoms with Crippen molar-refractivity contribution in [2.75, 3.05) is 21.5 Å². The molecule has 1 aromatic heterocycles. The average Bonchev–Trinajstić information content (AvgIpc) is 3.14. The van der Waals surface area contributed by atoms with E-state index < -0.39 is 28.0 Å². The summed E-state index contributed by atoms with van der Waals surface area (Å²) in [6.45, 7) is 1.68. The number of rotatable bonds is 6. The molecule has 2 heterocycles. The van der Waals surface area contributed by atoms with E-state index in [2.05, 4.69) is 10.6 Å². The Morgan fingerprint density at radius 2 is 1.74 bits per heavy atom. The molecule has 0 bridgehead atoms. The van der Waals surface area contributed by atoms with E-state index in [4.69, 9.17) is 0 Å². The molecule has 1 aliphatic heterocycles. The van der Waals surface area contributed by atoms with Gasteiger partial charge in [0.25, 0.3) is 10.0 Å². The lowest BCUT2D eigenvalue weighted by atomic mass is 10.0. The highest BCUT2D eigenvalue weighted by Crippen LogP contribution is 2.34. The maximum atomic E-state index is 13.4. The van der Waals surface area contributed by atoms with Crippen LogP contribution < -0.4 is 14.9 Å². The molecule has 12 heteroatoms. The number of fused-ring (bicyclic) bond motifs is 1. The third kappa shape index (κ3) is 4.70. The van der Waals surface area contributed by atoms with E-state index in [0.717, 1.165) is 12.0 Å². The Labute approximate surface area is 204 Å². The quantitative estimate of drug-likeness (QED) is 0.383. The van der Waals surface area contributed by atoms with Crippen molar-refractivity contribution in [3.8, 4) is 0 Å². The Morgan fingerprint density at radius 1 is 1.00 bits per heavy atom. The first-order valence-corrected chi connectivity index (χ1v) is 12.7. The summed E-state index contributed by atoms with van der Waals surface area (Å²) in [5, 5.41) is 23.4. The molecule has 1 aliphatic rings. The van der Waals surface area contributed by atoms with Gasteiger partial charge in [-0.15, -0.1) is 11.3 Å². The van der Waals surface area contributed by atoms with Crippen molar-refractivity contribution in [3.63, 3.8) is 0 Å². The number of nitrogens with zero attached hydrogens (tertiary/aromatic N) is 1. The van der Waals surface area contributed by atoms with Gasteiger partial charge in [-0.25, -0.2) is 22.8 Å². The van der Waals surface area contributed by atoms with Gasteiger partial charge in [0, 0.05) is 12.2 Å². The molecule has 0 aliphatic carbocycles. The van der Waals surface area contributed by atoms with Crippen molar-refractivity contribution in [2.45, 2.75) is 24.7 Å². The molecule has 2 aromatic carbocycles. The standard InChI is InChI=1S/C23H21N3O7S2/c1-13-18(21(27)28)20(34-19(13)22(29)30)25-23(31)24-15-8-4-9-16(12-15)35(32,33)26-11-5-7-14-6-2-3-10-17(14)26/h2-4,6,8-10,12H,5,7,11H2,1H3,(H,27,28)(H,29,30)(H2,24,25,31). The van der Waals surface area contributed by atoms with E-state index in [1.807, 2.05) is 12.1 Å². The largest absolute Gasteiger partial charge is 0.478 e. The number of urea groups is 1. The van der Waals surface area contributed by atoms with Gasteiger partial charge in [0.2, 0.25) is 0 Å². The van der Waals surface area contributed by atoms with Crippen LogP contribution in [-0.4, -0.2) is 43.1 Å². The van der Waals surface area contributed by atoms with Crippen LogP contribution in [0.1, 0.15) is 37.6 Å². The summed E-state index contributed by atoms with van der Waals surface area (Å²) in [5.41, 5.74) is 1.44. The van der Waals surface area contributed by atoms with Crippen LogP contribution in [0.3, 0.4) is 0 Å². The number of carboxylic acids is 2. The summed E-state index contributed by atoms with van der Waals surface area (Å²) in [6, 6.07) is 12.2. The molecular weight excluding hydrogens is 494 g/mol. The maximum Gasteiger partial charge on any atom is 0.346 e. The van der Waals surface area contributed by atoms with Gasteiger partial charge in [-0.1, -0.05) is 24.3 Å². The molecule has 0 radical (unpaired) electrons. The number of para-hydroxylation sites is 1. The second-order valence-electron chi connectivity index (χ2n) is 7.79. The lowest BCUT2D eigenvalue weighted by Gasteiger charge is -2.30. The van der Waals surface area contributed by atoms with Crippen LogP contribution in [0.5, 0.6) is 0 Å². The van der Waals surface area contributed by atoms with Crippen molar-refractivity contribution in [3.05, 3.63) is 70.1 Å². The number of aromatic carboxylic acids is 2. The number of anilines is 3. The van der Waals surface area contributed by atoms with Gasteiger partial charge in [-0.05, 0) is 55.2 Å². The van der Waals surface area contributed by atoms with Gasteiger partial charge in [0.1, 0.15) is 9.88 Å². The Hall–Kier alpha value is -3.90. The van der Waals surface area contributed by atoms with E-state index in [1.165, 1.54) is 35.5 Å². The smallest absolute Gasteiger partial charge is 0.346 e. The summed E-state index contributed by atoms with van der Waals surface area (Å²) < 4.78 is 28.1. The van der Waals surface area contributed by atoms with Crippen LogP contribution in [0.25, 0.3) is 0 Å². The fraction of sp³-hybridized carbons (Fsp3) is 0.174. The van der Waals surface area contributed by atoms with E-state index in [0.29, 0.717) is 30.0 Å². The SMILES string of the molecule is Cc1c(C(=O)O)sc(NC(=O)Nc2cccc(S(=O)(=O)N3CCCc4ccccc43)c2)c1C(=O)O. The van der Waals surface area contributed by atoms with Crippen molar-refractivity contribution < 1.29 is 33.0 Å². The lowest BCUT2D eigenvalue weighted by Crippen LogP contribution is -2.35. The highest BCUT2D eigenvalue weighted by Gasteiger charge is 2.29. The maximum absolute atomic E-state index is 13.4. The Kier molecular flexibility index (Phi) is 6.50. The van der Waals surface area contributed by atoms with Crippen molar-refractivity contribution in [1.82, 2.24) is 0 Å². The molecule has 2 amide bonds. The monoisotopic (exact) mass is 515 g/mol. The zero-order valence-electron chi connectivity index (χ0n) is 18.4. The molecule has 0 saturated heterocycles. The molecule has 182 valence electrons. The van der Waals surface area contributed by atoms with Crippen LogP contribution in [0.15, 0.2) is 53.4 Å². The minimum absolute atomic E-state index is 0.0154. The number of carboxylic acid groups (broad SMARTS) is 2. The van der Waals surface area contributed by atoms with E-state index in [1.54, 1.807) is 12.1 Å². The van der Waals surface area contributed by atoms with Crippen LogP contribution in [-0.2, 0) is 16.4 Å².